The normalized spacial score (nSPS) is 15.6. The van der Waals surface area contributed by atoms with Crippen LogP contribution in [0.1, 0.15) is 111 Å². The van der Waals surface area contributed by atoms with Gasteiger partial charge in [0.25, 0.3) is 45.6 Å². The van der Waals surface area contributed by atoms with Gasteiger partial charge in [0.05, 0.1) is 38.3 Å². The smallest absolute Gasteiger partial charge is 0.266 e. The number of alkyl halides is 1. The maximum absolute atomic E-state index is 12.9. The van der Waals surface area contributed by atoms with Gasteiger partial charge in [-0.3, -0.25) is 28.8 Å². The van der Waals surface area contributed by atoms with E-state index in [2.05, 4.69) is 4.28 Å². The van der Waals surface area contributed by atoms with E-state index in [0.717, 1.165) is 29.2 Å². The molecule has 1 fully saturated rings. The van der Waals surface area contributed by atoms with E-state index in [0.29, 0.717) is 43.2 Å². The molecule has 0 atom stereocenters. The first-order chi connectivity index (χ1) is 37.4. The van der Waals surface area contributed by atoms with E-state index in [1.165, 1.54) is 43.5 Å². The van der Waals surface area contributed by atoms with Gasteiger partial charge in [-0.15, -0.1) is 39.6 Å². The van der Waals surface area contributed by atoms with Crippen molar-refractivity contribution < 1.29 is 66.9 Å². The lowest BCUT2D eigenvalue weighted by molar-refractivity contribution is -0.0159. The van der Waals surface area contributed by atoms with Gasteiger partial charge >= 0.3 is 20.2 Å². The number of halogens is 1. The van der Waals surface area contributed by atoms with E-state index in [1.54, 1.807) is 140 Å². The van der Waals surface area contributed by atoms with E-state index >= 15 is 0 Å². The minimum atomic E-state index is -4.36. The molecule has 3 heterocycles. The second-order valence-corrected chi connectivity index (χ2v) is 23.5. The van der Waals surface area contributed by atoms with E-state index in [-0.39, 0.29) is 43.3 Å². The first-order valence-corrected chi connectivity index (χ1v) is 29.2. The molecule has 1 aliphatic carbocycles. The number of carbonyl (C=O) groups excluding carboxylic acids is 6. The zero-order valence-corrected chi connectivity index (χ0v) is 43.9. The predicted octanol–water partition coefficient (Wildman–Crippen LogP) is 9.59. The molecule has 18 nitrogen and oxygen atoms in total. The van der Waals surface area contributed by atoms with Crippen LogP contribution in [-0.2, 0) is 49.0 Å². The summed E-state index contributed by atoms with van der Waals surface area (Å²) in [4.78, 5) is 75.6. The van der Waals surface area contributed by atoms with Crippen LogP contribution in [0.25, 0.3) is 32.3 Å². The Balaban J connectivity index is 0.000000135. The summed E-state index contributed by atoms with van der Waals surface area (Å²) in [6, 6.07) is 44.8. The molecule has 396 valence electrons. The van der Waals surface area contributed by atoms with Gasteiger partial charge in [0.2, 0.25) is 0 Å². The lowest BCUT2D eigenvalue weighted by Gasteiger charge is -2.25. The number of imide groups is 3. The van der Waals surface area contributed by atoms with E-state index in [4.69, 9.17) is 20.2 Å². The molecular weight excluding hydrogens is 1090 g/mol. The van der Waals surface area contributed by atoms with Crippen LogP contribution < -0.4 is 0 Å². The maximum atomic E-state index is 12.9. The molecule has 8 aromatic carbocycles. The van der Waals surface area contributed by atoms with Crippen molar-refractivity contribution in [1.29, 1.82) is 0 Å². The van der Waals surface area contributed by atoms with Crippen LogP contribution in [0.15, 0.2) is 169 Å². The fourth-order valence-corrected chi connectivity index (χ4v) is 12.2. The summed E-state index contributed by atoms with van der Waals surface area (Å²) in [5.74, 6) is -4.86. The molecule has 8 aromatic rings. The van der Waals surface area contributed by atoms with Gasteiger partial charge in [-0.25, -0.2) is 0 Å². The van der Waals surface area contributed by atoms with Gasteiger partial charge in [-0.2, -0.15) is 25.3 Å². The summed E-state index contributed by atoms with van der Waals surface area (Å²) in [5.41, 5.74) is 2.92. The minimum Gasteiger partial charge on any atom is -0.266 e. The standard InChI is InChI=1S/C24H21NO5S.C19H13NO5S.C13H8ClNO5S/c26-23-20-10-4-8-18-9-5-11-21(22(18)20)24(27)25(23)30-31(28,29)19-14-12-17(13-15-19)16-6-2-1-3-7-16;21-18-15-10-4-8-14-9-5-11-16(17(14)15)19(22)20(18)25-26(23,24)12-13-6-2-1-3-7-13;14-7-21(18,19)20-15-12(16)9-5-1-3-8-4-2-6-10(11(8)9)13(15)17/h4-5,8-16H,1-3,6-7H2;1-11H,12H2;1-6H,7H2. The Bertz CT molecular complexity index is 4000. The summed E-state index contributed by atoms with van der Waals surface area (Å²) in [7, 11) is -12.8. The number of hydrogen-bond donors (Lipinski definition) is 0. The Morgan fingerprint density at radius 2 is 0.744 bits per heavy atom. The third-order valence-electron chi connectivity index (χ3n) is 13.3. The molecule has 0 unspecified atom stereocenters. The summed E-state index contributed by atoms with van der Waals surface area (Å²) < 4.78 is 87.7. The van der Waals surface area contributed by atoms with Crippen molar-refractivity contribution in [2.45, 2.75) is 48.7 Å². The van der Waals surface area contributed by atoms with Crippen LogP contribution >= 0.6 is 11.6 Å². The Hall–Kier alpha value is -8.02. The van der Waals surface area contributed by atoms with Crippen molar-refractivity contribution in [3.63, 3.8) is 0 Å². The van der Waals surface area contributed by atoms with Gasteiger partial charge in [0.1, 0.15) is 5.75 Å². The average Bonchev–Trinajstić information content (AvgIpc) is 3.52. The fraction of sp³-hybridized carbons (Fsp3) is 0.143. The molecule has 0 bridgehead atoms. The first kappa shape index (κ1) is 53.4. The van der Waals surface area contributed by atoms with Gasteiger partial charge < -0.3 is 0 Å². The largest absolute Gasteiger partial charge is 0.318 e. The number of benzene rings is 8. The second-order valence-electron chi connectivity index (χ2n) is 18.3. The first-order valence-electron chi connectivity index (χ1n) is 24.1. The second kappa shape index (κ2) is 21.4. The molecule has 3 aliphatic heterocycles. The molecule has 1 saturated carbocycles. The Kier molecular flexibility index (Phi) is 14.7. The molecule has 0 N–H and O–H groups in total. The molecule has 22 heteroatoms. The van der Waals surface area contributed by atoms with Crippen LogP contribution in [0.3, 0.4) is 0 Å². The summed E-state index contributed by atoms with van der Waals surface area (Å²) in [5, 5.41) is 3.72. The Labute approximate surface area is 451 Å². The predicted molar refractivity (Wildman–Crippen MR) is 285 cm³/mol. The Morgan fingerprint density at radius 1 is 0.397 bits per heavy atom. The summed E-state index contributed by atoms with van der Waals surface area (Å²) >= 11 is 5.23. The SMILES string of the molecule is O=C1c2cccc3cccc(c23)C(=O)N1OS(=O)(=O)CCl.O=C1c2cccc3cccc(c23)C(=O)N1OS(=O)(=O)Cc1ccccc1.O=C1c2cccc3cccc(c23)C(=O)N1OS(=O)(=O)c1ccc(C2CCCCC2)cc1. The molecule has 0 radical (unpaired) electrons. The van der Waals surface area contributed by atoms with E-state index in [1.807, 2.05) is 0 Å². The topological polar surface area (TPSA) is 242 Å². The lowest BCUT2D eigenvalue weighted by atomic mass is 9.84. The van der Waals surface area contributed by atoms with Crippen LogP contribution in [0, 0.1) is 0 Å². The number of hydrogen-bond acceptors (Lipinski definition) is 15. The molecule has 6 amide bonds. The van der Waals surface area contributed by atoms with E-state index in [9.17, 15) is 54.0 Å². The van der Waals surface area contributed by atoms with Crippen LogP contribution in [0.5, 0.6) is 0 Å². The maximum Gasteiger partial charge on any atom is 0.318 e. The van der Waals surface area contributed by atoms with E-state index < -0.39 is 76.8 Å². The third-order valence-corrected chi connectivity index (χ3v) is 17.0. The molecule has 0 spiro atoms. The van der Waals surface area contributed by atoms with Crippen LogP contribution in [0.2, 0.25) is 0 Å². The van der Waals surface area contributed by atoms with Gasteiger partial charge in [0, 0.05) is 16.2 Å². The number of carbonyl (C=O) groups is 6. The monoisotopic (exact) mass is 1130 g/mol. The Morgan fingerprint density at radius 3 is 1.10 bits per heavy atom. The van der Waals surface area contributed by atoms with Gasteiger partial charge in [-0.1, -0.05) is 135 Å². The highest BCUT2D eigenvalue weighted by atomic mass is 35.5. The highest BCUT2D eigenvalue weighted by Gasteiger charge is 2.40. The molecule has 12 rings (SSSR count). The number of hydroxylamine groups is 6. The highest BCUT2D eigenvalue weighted by Crippen LogP contribution is 2.36. The summed E-state index contributed by atoms with van der Waals surface area (Å²) in [6.45, 7) is 0. The van der Waals surface area contributed by atoms with Gasteiger partial charge in [0.15, 0.2) is 5.21 Å². The molecule has 0 saturated heterocycles. The van der Waals surface area contributed by atoms with Crippen molar-refractivity contribution in [3.05, 3.63) is 208 Å². The minimum absolute atomic E-state index is 0.0928. The third kappa shape index (κ3) is 10.4. The van der Waals surface area contributed by atoms with Crippen molar-refractivity contribution in [3.8, 4) is 0 Å². The van der Waals surface area contributed by atoms with Crippen molar-refractivity contribution in [2.24, 2.45) is 0 Å². The van der Waals surface area contributed by atoms with Crippen LogP contribution in [0.4, 0.5) is 0 Å². The lowest BCUT2D eigenvalue weighted by Crippen LogP contribution is -2.41. The molecule has 4 aliphatic rings. The van der Waals surface area contributed by atoms with Crippen LogP contribution in [-0.4, -0.2) is 81.1 Å². The molecular formula is C56H42ClN3O15S3. The quantitative estimate of drug-likeness (QED) is 0.0865. The van der Waals surface area contributed by atoms with Crippen molar-refractivity contribution >= 4 is 110 Å². The number of nitrogens with zero attached hydrogens (tertiary/aromatic N) is 3. The van der Waals surface area contributed by atoms with Gasteiger partial charge in [-0.05, 0) is 94.6 Å². The molecule has 0 aromatic heterocycles. The zero-order chi connectivity index (χ0) is 55.1. The number of amides is 6. The van der Waals surface area contributed by atoms with Crippen molar-refractivity contribution in [1.82, 2.24) is 15.2 Å². The molecule has 78 heavy (non-hydrogen) atoms. The summed E-state index contributed by atoms with van der Waals surface area (Å²) in [6.07, 6.45) is 5.81. The average molecular weight is 1130 g/mol. The number of rotatable bonds is 11. The van der Waals surface area contributed by atoms with Crippen molar-refractivity contribution in [2.75, 3.05) is 5.21 Å². The fourth-order valence-electron chi connectivity index (χ4n) is 9.76. The highest BCUT2D eigenvalue weighted by molar-refractivity contribution is 7.88. The zero-order valence-electron chi connectivity index (χ0n) is 40.7.